The zero-order valence-electron chi connectivity index (χ0n) is 7.72. The number of nitrogens with zero attached hydrogens (tertiary/aromatic N) is 2. The fourth-order valence-electron chi connectivity index (χ4n) is 1.44. The van der Waals surface area contributed by atoms with Crippen LogP contribution in [-0.2, 0) is 0 Å². The summed E-state index contributed by atoms with van der Waals surface area (Å²) in [6.07, 6.45) is 1.43. The first-order valence-corrected chi connectivity index (χ1v) is 5.57. The Bertz CT molecular complexity index is 574. The molecule has 0 atom stereocenters. The lowest BCUT2D eigenvalue weighted by Crippen LogP contribution is -2.23. The molecule has 1 aromatic rings. The Morgan fingerprint density at radius 3 is 1.47 bits per heavy atom. The molecule has 17 heavy (non-hydrogen) atoms. The van der Waals surface area contributed by atoms with Crippen molar-refractivity contribution >= 4 is 58.2 Å². The van der Waals surface area contributed by atoms with E-state index in [1.54, 1.807) is 0 Å². The van der Waals surface area contributed by atoms with Crippen LogP contribution in [0.3, 0.4) is 0 Å². The summed E-state index contributed by atoms with van der Waals surface area (Å²) >= 11 is 23.1. The van der Waals surface area contributed by atoms with Gasteiger partial charge in [-0.15, -0.1) is 0 Å². The topological polar surface area (TPSA) is 61.2 Å². The number of imide groups is 1. The lowest BCUT2D eigenvalue weighted by atomic mass is 10.1. The van der Waals surface area contributed by atoms with Crippen molar-refractivity contribution in [2.45, 2.75) is 0 Å². The SMILES string of the molecule is N#CN1C(=O)c2c(Cl)c(Cl)c(Cl)c(Cl)c2C1=O. The fraction of sp³-hybridized carbons (Fsp3) is 0. The molecular weight excluding hydrogens is 310 g/mol. The summed E-state index contributed by atoms with van der Waals surface area (Å²) in [4.78, 5) is 23.8. The maximum atomic E-state index is 11.7. The molecule has 0 unspecified atom stereocenters. The van der Waals surface area contributed by atoms with Gasteiger partial charge in [-0.3, -0.25) is 9.59 Å². The molecule has 0 spiro atoms. The van der Waals surface area contributed by atoms with Gasteiger partial charge in [0.05, 0.1) is 31.2 Å². The second kappa shape index (κ2) is 4.04. The number of fused-ring (bicyclic) bond motifs is 1. The van der Waals surface area contributed by atoms with Gasteiger partial charge in [-0.2, -0.15) is 10.2 Å². The highest BCUT2D eigenvalue weighted by molar-refractivity contribution is 6.55. The summed E-state index contributed by atoms with van der Waals surface area (Å²) in [7, 11) is 0. The summed E-state index contributed by atoms with van der Waals surface area (Å²) in [5, 5.41) is 8.05. The van der Waals surface area contributed by atoms with Crippen LogP contribution >= 0.6 is 46.4 Å². The van der Waals surface area contributed by atoms with Crippen LogP contribution < -0.4 is 0 Å². The van der Waals surface area contributed by atoms with Gasteiger partial charge in [0.15, 0.2) is 6.19 Å². The number of carbonyl (C=O) groups is 2. The third kappa shape index (κ3) is 1.51. The molecule has 0 aliphatic carbocycles. The molecule has 0 saturated heterocycles. The van der Waals surface area contributed by atoms with Gasteiger partial charge < -0.3 is 0 Å². The van der Waals surface area contributed by atoms with Gasteiger partial charge in [-0.05, 0) is 0 Å². The van der Waals surface area contributed by atoms with Gasteiger partial charge in [-0.1, -0.05) is 46.4 Å². The highest BCUT2D eigenvalue weighted by Crippen LogP contribution is 2.44. The van der Waals surface area contributed by atoms with E-state index in [4.69, 9.17) is 51.7 Å². The molecule has 86 valence electrons. The number of hydrogen-bond donors (Lipinski definition) is 0. The van der Waals surface area contributed by atoms with Crippen LogP contribution in [-0.4, -0.2) is 16.7 Å². The summed E-state index contributed by atoms with van der Waals surface area (Å²) in [5.41, 5.74) is -0.393. The van der Waals surface area contributed by atoms with Crippen molar-refractivity contribution in [3.8, 4) is 6.19 Å². The standard InChI is InChI=1S/C9Cl4N2O2/c10-4-2-3(5(11)7(13)6(4)12)9(17)15(1-14)8(2)16. The molecular formula is C9Cl4N2O2. The number of benzene rings is 1. The first-order valence-electron chi connectivity index (χ1n) is 4.06. The van der Waals surface area contributed by atoms with E-state index >= 15 is 0 Å². The third-order valence-electron chi connectivity index (χ3n) is 2.20. The zero-order chi connectivity index (χ0) is 12.9. The smallest absolute Gasteiger partial charge is 0.267 e. The fourth-order valence-corrected chi connectivity index (χ4v) is 2.45. The van der Waals surface area contributed by atoms with Crippen molar-refractivity contribution in [2.75, 3.05) is 0 Å². The average molecular weight is 310 g/mol. The zero-order valence-corrected chi connectivity index (χ0v) is 10.7. The minimum absolute atomic E-state index is 0.127. The third-order valence-corrected chi connectivity index (χ3v) is 4.00. The van der Waals surface area contributed by atoms with Crippen LogP contribution in [0.25, 0.3) is 0 Å². The Morgan fingerprint density at radius 2 is 1.18 bits per heavy atom. The number of halogens is 4. The highest BCUT2D eigenvalue weighted by atomic mass is 35.5. The van der Waals surface area contributed by atoms with Crippen LogP contribution in [0.15, 0.2) is 0 Å². The molecule has 1 aliphatic rings. The van der Waals surface area contributed by atoms with Gasteiger partial charge in [0.25, 0.3) is 11.8 Å². The Balaban J connectivity index is 2.90. The van der Waals surface area contributed by atoms with Crippen molar-refractivity contribution in [3.05, 3.63) is 31.2 Å². The first kappa shape index (κ1) is 12.5. The van der Waals surface area contributed by atoms with E-state index in [1.165, 1.54) is 6.19 Å². The van der Waals surface area contributed by atoms with Crippen molar-refractivity contribution in [2.24, 2.45) is 0 Å². The molecule has 8 heteroatoms. The van der Waals surface area contributed by atoms with Crippen LogP contribution in [0.2, 0.25) is 20.1 Å². The summed E-state index contributed by atoms with van der Waals surface area (Å²) in [6.45, 7) is 0. The molecule has 1 heterocycles. The Kier molecular flexibility index (Phi) is 2.96. The number of hydrogen-bond acceptors (Lipinski definition) is 3. The molecule has 2 rings (SSSR count). The van der Waals surface area contributed by atoms with E-state index in [0.29, 0.717) is 4.90 Å². The van der Waals surface area contributed by atoms with E-state index in [0.717, 1.165) is 0 Å². The summed E-state index contributed by atoms with van der Waals surface area (Å²) in [5.74, 6) is -1.73. The molecule has 0 saturated carbocycles. The molecule has 0 fully saturated rings. The normalized spacial score (nSPS) is 13.9. The van der Waals surface area contributed by atoms with Gasteiger partial charge >= 0.3 is 0 Å². The summed E-state index contributed by atoms with van der Waals surface area (Å²) < 4.78 is 0. The first-order chi connectivity index (χ1) is 7.91. The lowest BCUT2D eigenvalue weighted by molar-refractivity contribution is 0.0732. The van der Waals surface area contributed by atoms with Crippen LogP contribution in [0.1, 0.15) is 20.7 Å². The molecule has 0 aromatic heterocycles. The highest BCUT2D eigenvalue weighted by Gasteiger charge is 2.41. The van der Waals surface area contributed by atoms with Gasteiger partial charge in [-0.25, -0.2) is 0 Å². The Labute approximate surface area is 115 Å². The molecule has 0 radical (unpaired) electrons. The van der Waals surface area contributed by atoms with Crippen molar-refractivity contribution in [1.82, 2.24) is 4.90 Å². The predicted octanol–water partition coefficient (Wildman–Crippen LogP) is 3.38. The number of carbonyl (C=O) groups excluding carboxylic acids is 2. The number of amides is 2. The second-order valence-corrected chi connectivity index (χ2v) is 4.56. The molecule has 1 aliphatic heterocycles. The van der Waals surface area contributed by atoms with Gasteiger partial charge in [0.1, 0.15) is 0 Å². The van der Waals surface area contributed by atoms with E-state index in [9.17, 15) is 9.59 Å². The van der Waals surface area contributed by atoms with Crippen molar-refractivity contribution < 1.29 is 9.59 Å². The Hall–Kier alpha value is -0.990. The second-order valence-electron chi connectivity index (χ2n) is 3.05. The molecule has 2 amide bonds. The lowest BCUT2D eigenvalue weighted by Gasteiger charge is -2.05. The van der Waals surface area contributed by atoms with Gasteiger partial charge in [0.2, 0.25) is 0 Å². The van der Waals surface area contributed by atoms with E-state index < -0.39 is 11.8 Å². The van der Waals surface area contributed by atoms with E-state index in [2.05, 4.69) is 0 Å². The monoisotopic (exact) mass is 308 g/mol. The van der Waals surface area contributed by atoms with Crippen molar-refractivity contribution in [1.29, 1.82) is 5.26 Å². The maximum absolute atomic E-state index is 11.7. The van der Waals surface area contributed by atoms with Crippen LogP contribution in [0.4, 0.5) is 0 Å². The van der Waals surface area contributed by atoms with Crippen molar-refractivity contribution in [3.63, 3.8) is 0 Å². The minimum Gasteiger partial charge on any atom is -0.267 e. The minimum atomic E-state index is -0.863. The summed E-state index contributed by atoms with van der Waals surface area (Å²) in [6, 6.07) is 0. The average Bonchev–Trinajstić information content (AvgIpc) is 2.55. The van der Waals surface area contributed by atoms with E-state index in [-0.39, 0.29) is 31.2 Å². The van der Waals surface area contributed by atoms with Crippen LogP contribution in [0.5, 0.6) is 0 Å². The van der Waals surface area contributed by atoms with Crippen LogP contribution in [0, 0.1) is 11.5 Å². The van der Waals surface area contributed by atoms with Gasteiger partial charge in [0, 0.05) is 0 Å². The molecule has 1 aromatic carbocycles. The molecule has 0 N–H and O–H groups in total. The van der Waals surface area contributed by atoms with E-state index in [1.807, 2.05) is 0 Å². The number of nitriles is 1. The molecule has 0 bridgehead atoms. The molecule has 4 nitrogen and oxygen atoms in total. The number of rotatable bonds is 0. The maximum Gasteiger partial charge on any atom is 0.276 e. The quantitative estimate of drug-likeness (QED) is 0.319. The largest absolute Gasteiger partial charge is 0.276 e. The Morgan fingerprint density at radius 1 is 0.824 bits per heavy atom. The predicted molar refractivity (Wildman–Crippen MR) is 62.6 cm³/mol.